The van der Waals surface area contributed by atoms with Crippen LogP contribution in [-0.4, -0.2) is 34.0 Å². The molecule has 4 atom stereocenters. The van der Waals surface area contributed by atoms with Crippen molar-refractivity contribution >= 4 is 5.97 Å². The van der Waals surface area contributed by atoms with Gasteiger partial charge in [0.2, 0.25) is 0 Å². The van der Waals surface area contributed by atoms with E-state index in [4.69, 9.17) is 4.74 Å². The largest absolute Gasteiger partial charge is 0.458 e. The van der Waals surface area contributed by atoms with Crippen molar-refractivity contribution in [3.63, 3.8) is 0 Å². The maximum Gasteiger partial charge on any atom is 0.334 e. The van der Waals surface area contributed by atoms with Gasteiger partial charge in [0.1, 0.15) is 6.10 Å². The van der Waals surface area contributed by atoms with Crippen molar-refractivity contribution in [2.75, 3.05) is 0 Å². The first-order chi connectivity index (χ1) is 6.42. The summed E-state index contributed by atoms with van der Waals surface area (Å²) in [4.78, 5) is 11.2. The Labute approximate surface area is 82.2 Å². The van der Waals surface area contributed by atoms with Crippen LogP contribution in [0.4, 0.5) is 0 Å². The van der Waals surface area contributed by atoms with E-state index in [-0.39, 0.29) is 18.4 Å². The summed E-state index contributed by atoms with van der Waals surface area (Å²) in [6.45, 7) is 5.19. The zero-order valence-electron chi connectivity index (χ0n) is 8.06. The number of ether oxygens (including phenoxy) is 1. The van der Waals surface area contributed by atoms with Gasteiger partial charge >= 0.3 is 5.97 Å². The third-order valence-electron chi connectivity index (χ3n) is 3.23. The molecule has 0 bridgehead atoms. The van der Waals surface area contributed by atoms with Gasteiger partial charge in [-0.1, -0.05) is 6.58 Å². The third kappa shape index (κ3) is 1.26. The third-order valence-corrected chi connectivity index (χ3v) is 3.23. The highest BCUT2D eigenvalue weighted by Gasteiger charge is 2.50. The molecule has 0 unspecified atom stereocenters. The maximum atomic E-state index is 11.2. The van der Waals surface area contributed by atoms with Crippen LogP contribution in [0, 0.1) is 5.92 Å². The number of aliphatic hydroxyl groups excluding tert-OH is 1. The van der Waals surface area contributed by atoms with Crippen LogP contribution in [0.15, 0.2) is 12.2 Å². The Morgan fingerprint density at radius 1 is 1.64 bits per heavy atom. The number of rotatable bonds is 0. The molecule has 2 N–H and O–H groups in total. The predicted molar refractivity (Wildman–Crippen MR) is 48.4 cm³/mol. The van der Waals surface area contributed by atoms with Gasteiger partial charge in [-0.15, -0.1) is 0 Å². The molecule has 2 aliphatic rings. The summed E-state index contributed by atoms with van der Waals surface area (Å²) in [5, 5.41) is 19.4. The smallest absolute Gasteiger partial charge is 0.334 e. The molecule has 1 heterocycles. The molecule has 0 aromatic rings. The predicted octanol–water partition coefficient (Wildman–Crippen LogP) is -0.0101. The zero-order chi connectivity index (χ0) is 10.5. The van der Waals surface area contributed by atoms with Crippen LogP contribution >= 0.6 is 0 Å². The summed E-state index contributed by atoms with van der Waals surface area (Å²) in [7, 11) is 0. The van der Waals surface area contributed by atoms with Crippen LogP contribution < -0.4 is 0 Å². The highest BCUT2D eigenvalue weighted by molar-refractivity contribution is 5.90. The summed E-state index contributed by atoms with van der Waals surface area (Å²) >= 11 is 0. The molecule has 0 amide bonds. The number of fused-ring (bicyclic) bond motifs is 1. The highest BCUT2D eigenvalue weighted by Crippen LogP contribution is 2.41. The van der Waals surface area contributed by atoms with E-state index in [2.05, 4.69) is 6.58 Å². The van der Waals surface area contributed by atoms with Gasteiger partial charge in [-0.2, -0.15) is 0 Å². The molecular weight excluding hydrogens is 184 g/mol. The van der Waals surface area contributed by atoms with Crippen molar-refractivity contribution in [3.8, 4) is 0 Å². The Bertz CT molecular complexity index is 294. The number of esters is 1. The van der Waals surface area contributed by atoms with Crippen molar-refractivity contribution < 1.29 is 19.7 Å². The van der Waals surface area contributed by atoms with Gasteiger partial charge in [-0.25, -0.2) is 4.79 Å². The summed E-state index contributed by atoms with van der Waals surface area (Å²) in [5.74, 6) is -0.525. The van der Waals surface area contributed by atoms with Crippen molar-refractivity contribution in [2.24, 2.45) is 5.92 Å². The fraction of sp³-hybridized carbons (Fsp3) is 0.700. The second kappa shape index (κ2) is 2.81. The Hall–Kier alpha value is -0.870. The molecule has 78 valence electrons. The molecule has 0 radical (unpaired) electrons. The first-order valence-electron chi connectivity index (χ1n) is 4.72. The molecule has 0 spiro atoms. The lowest BCUT2D eigenvalue weighted by atomic mass is 9.74. The lowest BCUT2D eigenvalue weighted by molar-refractivity contribution is -0.152. The van der Waals surface area contributed by atoms with Crippen LogP contribution in [0.1, 0.15) is 19.8 Å². The van der Waals surface area contributed by atoms with Crippen molar-refractivity contribution in [2.45, 2.75) is 37.6 Å². The van der Waals surface area contributed by atoms with Gasteiger partial charge in [0.25, 0.3) is 0 Å². The number of hydrogen-bond donors (Lipinski definition) is 2. The minimum absolute atomic E-state index is 0.127. The topological polar surface area (TPSA) is 66.8 Å². The van der Waals surface area contributed by atoms with Crippen molar-refractivity contribution in [1.82, 2.24) is 0 Å². The maximum absolute atomic E-state index is 11.2. The van der Waals surface area contributed by atoms with Gasteiger partial charge in [0.05, 0.1) is 11.7 Å². The van der Waals surface area contributed by atoms with E-state index in [1.165, 1.54) is 0 Å². The van der Waals surface area contributed by atoms with Crippen LogP contribution in [0.2, 0.25) is 0 Å². The van der Waals surface area contributed by atoms with Gasteiger partial charge in [-0.3, -0.25) is 0 Å². The number of aliphatic hydroxyl groups is 2. The van der Waals surface area contributed by atoms with E-state index in [9.17, 15) is 15.0 Å². The van der Waals surface area contributed by atoms with Crippen LogP contribution in [0.25, 0.3) is 0 Å². The average molecular weight is 198 g/mol. The van der Waals surface area contributed by atoms with E-state index in [0.717, 1.165) is 0 Å². The Balaban J connectivity index is 2.22. The Kier molecular flexibility index (Phi) is 1.94. The van der Waals surface area contributed by atoms with E-state index < -0.39 is 17.7 Å². The van der Waals surface area contributed by atoms with E-state index in [1.807, 2.05) is 0 Å². The summed E-state index contributed by atoms with van der Waals surface area (Å²) in [6.07, 6.45) is -0.491. The standard InChI is InChI=1S/C10H14O4/c1-5-6-3-8(11)10(2,13)4-7(6)14-9(5)12/h6-8,11,13H,1,3-4H2,2H3/t6-,7-,8+,10+/m1/s1. The summed E-state index contributed by atoms with van der Waals surface area (Å²) in [5.41, 5.74) is -0.740. The second-order valence-electron chi connectivity index (χ2n) is 4.39. The van der Waals surface area contributed by atoms with E-state index in [1.54, 1.807) is 6.92 Å². The highest BCUT2D eigenvalue weighted by atomic mass is 16.6. The van der Waals surface area contributed by atoms with Crippen molar-refractivity contribution in [1.29, 1.82) is 0 Å². The number of hydrogen-bond acceptors (Lipinski definition) is 4. The fourth-order valence-corrected chi connectivity index (χ4v) is 2.19. The number of carbonyl (C=O) groups excluding carboxylic acids is 1. The van der Waals surface area contributed by atoms with E-state index >= 15 is 0 Å². The molecule has 1 aliphatic carbocycles. The Morgan fingerprint density at radius 3 is 2.93 bits per heavy atom. The minimum Gasteiger partial charge on any atom is -0.458 e. The molecule has 2 rings (SSSR count). The molecule has 1 saturated heterocycles. The van der Waals surface area contributed by atoms with Crippen molar-refractivity contribution in [3.05, 3.63) is 12.2 Å². The SMILES string of the molecule is C=C1C(=O)O[C@@H]2C[C@](C)(O)[C@@H](O)C[C@H]12. The molecule has 1 aliphatic heterocycles. The normalized spacial score (nSPS) is 47.5. The molecule has 4 heteroatoms. The molecule has 2 fully saturated rings. The monoisotopic (exact) mass is 198 g/mol. The van der Waals surface area contributed by atoms with Gasteiger partial charge in [-0.05, 0) is 13.3 Å². The van der Waals surface area contributed by atoms with Crippen LogP contribution in [-0.2, 0) is 9.53 Å². The van der Waals surface area contributed by atoms with Crippen LogP contribution in [0.5, 0.6) is 0 Å². The summed E-state index contributed by atoms with van der Waals surface area (Å²) in [6, 6.07) is 0. The first-order valence-corrected chi connectivity index (χ1v) is 4.72. The lowest BCUT2D eigenvalue weighted by Crippen LogP contribution is -2.49. The van der Waals surface area contributed by atoms with E-state index in [0.29, 0.717) is 12.0 Å². The van der Waals surface area contributed by atoms with Crippen LogP contribution in [0.3, 0.4) is 0 Å². The first kappa shape index (κ1) is 9.68. The van der Waals surface area contributed by atoms with Gasteiger partial charge < -0.3 is 14.9 Å². The Morgan fingerprint density at radius 2 is 2.29 bits per heavy atom. The molecule has 4 nitrogen and oxygen atoms in total. The molecule has 1 saturated carbocycles. The van der Waals surface area contributed by atoms with Gasteiger partial charge in [0, 0.05) is 17.9 Å². The molecule has 0 aromatic heterocycles. The molecular formula is C10H14O4. The molecule has 0 aromatic carbocycles. The number of carbonyl (C=O) groups is 1. The lowest BCUT2D eigenvalue weighted by Gasteiger charge is -2.38. The average Bonchev–Trinajstić information content (AvgIpc) is 2.31. The molecule has 14 heavy (non-hydrogen) atoms. The fourth-order valence-electron chi connectivity index (χ4n) is 2.19. The van der Waals surface area contributed by atoms with Gasteiger partial charge in [0.15, 0.2) is 0 Å². The minimum atomic E-state index is -1.16. The summed E-state index contributed by atoms with van der Waals surface area (Å²) < 4.78 is 5.05. The second-order valence-corrected chi connectivity index (χ2v) is 4.39. The quantitative estimate of drug-likeness (QED) is 0.424. The zero-order valence-corrected chi connectivity index (χ0v) is 8.06.